The molecule has 1 N–H and O–H groups in total. The highest BCUT2D eigenvalue weighted by Gasteiger charge is 2.28. The number of benzene rings is 3. The van der Waals surface area contributed by atoms with E-state index in [-0.39, 0.29) is 11.7 Å². The highest BCUT2D eigenvalue weighted by Crippen LogP contribution is 2.27. The van der Waals surface area contributed by atoms with Crippen LogP contribution in [0.5, 0.6) is 0 Å². The Hall–Kier alpha value is -3.12. The van der Waals surface area contributed by atoms with Gasteiger partial charge in [0.15, 0.2) is 0 Å². The number of carbonyl (C=O) groups excluding carboxylic acids is 1. The van der Waals surface area contributed by atoms with E-state index >= 15 is 0 Å². The van der Waals surface area contributed by atoms with E-state index in [0.29, 0.717) is 29.9 Å². The van der Waals surface area contributed by atoms with Crippen LogP contribution in [0, 0.1) is 0 Å². The lowest BCUT2D eigenvalue weighted by Crippen LogP contribution is -2.25. The zero-order chi connectivity index (χ0) is 19.6. The average molecular weight is 392 g/mol. The Morgan fingerprint density at radius 1 is 0.857 bits per heavy atom. The van der Waals surface area contributed by atoms with Crippen LogP contribution >= 0.6 is 0 Å². The summed E-state index contributed by atoms with van der Waals surface area (Å²) in [5.74, 6) is -0.0711. The van der Waals surface area contributed by atoms with Crippen LogP contribution in [0.3, 0.4) is 0 Å². The number of amides is 1. The number of nitrogens with one attached hydrogen (secondary N) is 1. The molecule has 0 atom stereocenters. The molecule has 0 aromatic heterocycles. The van der Waals surface area contributed by atoms with E-state index < -0.39 is 10.0 Å². The Labute approximate surface area is 164 Å². The van der Waals surface area contributed by atoms with Gasteiger partial charge in [-0.25, -0.2) is 8.42 Å². The van der Waals surface area contributed by atoms with Gasteiger partial charge < -0.3 is 5.32 Å². The zero-order valence-corrected chi connectivity index (χ0v) is 16.0. The molecule has 0 saturated carbocycles. The van der Waals surface area contributed by atoms with Gasteiger partial charge in [-0.2, -0.15) is 0 Å². The quantitative estimate of drug-likeness (QED) is 0.725. The number of nitrogens with zero attached hydrogens (tertiary/aromatic N) is 1. The van der Waals surface area contributed by atoms with Crippen molar-refractivity contribution in [1.82, 2.24) is 0 Å². The summed E-state index contributed by atoms with van der Waals surface area (Å²) in [7, 11) is -3.25. The fourth-order valence-electron chi connectivity index (χ4n) is 3.32. The van der Waals surface area contributed by atoms with Gasteiger partial charge in [-0.05, 0) is 47.9 Å². The van der Waals surface area contributed by atoms with Crippen LogP contribution in [-0.2, 0) is 10.0 Å². The summed E-state index contributed by atoms with van der Waals surface area (Å²) in [5, 5.41) is 2.85. The normalized spacial score (nSPS) is 15.4. The molecule has 1 heterocycles. The summed E-state index contributed by atoms with van der Waals surface area (Å²) < 4.78 is 25.6. The first kappa shape index (κ1) is 18.3. The number of sulfonamides is 1. The molecule has 1 fully saturated rings. The smallest absolute Gasteiger partial charge is 0.255 e. The molecule has 1 aliphatic rings. The maximum atomic E-state index is 12.6. The molecule has 1 saturated heterocycles. The maximum Gasteiger partial charge on any atom is 0.255 e. The molecule has 1 amide bonds. The van der Waals surface area contributed by atoms with Gasteiger partial charge in [-0.3, -0.25) is 9.10 Å². The van der Waals surface area contributed by atoms with E-state index in [1.807, 2.05) is 42.5 Å². The molecule has 0 aliphatic carbocycles. The molecule has 5 nitrogen and oxygen atoms in total. The first-order valence-corrected chi connectivity index (χ1v) is 10.7. The molecule has 3 aromatic rings. The fraction of sp³-hybridized carbons (Fsp3) is 0.136. The van der Waals surface area contributed by atoms with Crippen LogP contribution in [0.15, 0.2) is 78.9 Å². The van der Waals surface area contributed by atoms with E-state index in [0.717, 1.165) is 11.1 Å². The minimum atomic E-state index is -3.25. The lowest BCUT2D eigenvalue weighted by atomic mass is 10.0. The van der Waals surface area contributed by atoms with Crippen molar-refractivity contribution in [3.05, 3.63) is 84.4 Å². The Kier molecular flexibility index (Phi) is 4.88. The second-order valence-electron chi connectivity index (χ2n) is 6.69. The summed E-state index contributed by atoms with van der Waals surface area (Å²) in [5.41, 5.74) is 3.82. The maximum absolute atomic E-state index is 12.6. The monoisotopic (exact) mass is 392 g/mol. The Bertz CT molecular complexity index is 1090. The third-order valence-corrected chi connectivity index (χ3v) is 6.62. The van der Waals surface area contributed by atoms with Crippen LogP contribution in [0.25, 0.3) is 11.1 Å². The van der Waals surface area contributed by atoms with Crippen LogP contribution in [0.2, 0.25) is 0 Å². The second kappa shape index (κ2) is 7.48. The molecule has 142 valence electrons. The predicted octanol–water partition coefficient (Wildman–Crippen LogP) is 4.15. The van der Waals surface area contributed by atoms with Crippen molar-refractivity contribution >= 4 is 27.3 Å². The Morgan fingerprint density at radius 3 is 2.25 bits per heavy atom. The van der Waals surface area contributed by atoms with Crippen molar-refractivity contribution in [3.8, 4) is 11.1 Å². The third kappa shape index (κ3) is 3.77. The highest BCUT2D eigenvalue weighted by molar-refractivity contribution is 7.93. The molecule has 28 heavy (non-hydrogen) atoms. The van der Waals surface area contributed by atoms with Gasteiger partial charge >= 0.3 is 0 Å². The molecule has 0 radical (unpaired) electrons. The lowest BCUT2D eigenvalue weighted by Gasteiger charge is -2.17. The number of hydrogen-bond donors (Lipinski definition) is 1. The molecule has 3 aromatic carbocycles. The SMILES string of the molecule is O=C(Nc1cccc(N2CCCS2(=O)=O)c1)c1ccc(-c2ccccc2)cc1. The van der Waals surface area contributed by atoms with E-state index in [9.17, 15) is 13.2 Å². The predicted molar refractivity (Wildman–Crippen MR) is 112 cm³/mol. The minimum Gasteiger partial charge on any atom is -0.322 e. The average Bonchev–Trinajstić information content (AvgIpc) is 3.08. The minimum absolute atomic E-state index is 0.164. The second-order valence-corrected chi connectivity index (χ2v) is 8.70. The van der Waals surface area contributed by atoms with E-state index in [1.54, 1.807) is 36.4 Å². The summed E-state index contributed by atoms with van der Waals surface area (Å²) in [6.07, 6.45) is 0.618. The number of hydrogen-bond acceptors (Lipinski definition) is 3. The van der Waals surface area contributed by atoms with Crippen molar-refractivity contribution in [2.45, 2.75) is 6.42 Å². The summed E-state index contributed by atoms with van der Waals surface area (Å²) >= 11 is 0. The van der Waals surface area contributed by atoms with Gasteiger partial charge in [0.1, 0.15) is 0 Å². The fourth-order valence-corrected chi connectivity index (χ4v) is 4.87. The standard InChI is InChI=1S/C22H20N2O3S/c25-22(19-12-10-18(11-13-19)17-6-2-1-3-7-17)23-20-8-4-9-21(16-20)24-14-5-15-28(24,26)27/h1-4,6-13,16H,5,14-15H2,(H,23,25). The molecular weight excluding hydrogens is 372 g/mol. The number of anilines is 2. The van der Waals surface area contributed by atoms with Gasteiger partial charge in [-0.15, -0.1) is 0 Å². The number of rotatable bonds is 4. The van der Waals surface area contributed by atoms with Gasteiger partial charge in [-0.1, -0.05) is 48.5 Å². The molecule has 0 spiro atoms. The van der Waals surface area contributed by atoms with Crippen molar-refractivity contribution < 1.29 is 13.2 Å². The van der Waals surface area contributed by atoms with E-state index in [1.165, 1.54) is 4.31 Å². The van der Waals surface area contributed by atoms with Crippen molar-refractivity contribution in [3.63, 3.8) is 0 Å². The summed E-state index contributed by atoms with van der Waals surface area (Å²) in [4.78, 5) is 12.6. The van der Waals surface area contributed by atoms with E-state index in [2.05, 4.69) is 5.32 Å². The van der Waals surface area contributed by atoms with Crippen LogP contribution in [0.4, 0.5) is 11.4 Å². The zero-order valence-electron chi connectivity index (χ0n) is 15.2. The van der Waals surface area contributed by atoms with Crippen LogP contribution in [0.1, 0.15) is 16.8 Å². The Morgan fingerprint density at radius 2 is 1.57 bits per heavy atom. The summed E-state index contributed by atoms with van der Waals surface area (Å²) in [6.45, 7) is 0.473. The highest BCUT2D eigenvalue weighted by atomic mass is 32.2. The van der Waals surface area contributed by atoms with Gasteiger partial charge in [0.25, 0.3) is 5.91 Å². The molecule has 1 aliphatic heterocycles. The molecule has 4 rings (SSSR count). The van der Waals surface area contributed by atoms with Crippen molar-refractivity contribution in [2.24, 2.45) is 0 Å². The topological polar surface area (TPSA) is 66.5 Å². The third-order valence-electron chi connectivity index (χ3n) is 4.75. The van der Waals surface area contributed by atoms with Crippen molar-refractivity contribution in [1.29, 1.82) is 0 Å². The van der Waals surface area contributed by atoms with Crippen LogP contribution in [-0.4, -0.2) is 26.6 Å². The Balaban J connectivity index is 1.50. The molecule has 6 heteroatoms. The van der Waals surface area contributed by atoms with Gasteiger partial charge in [0, 0.05) is 17.8 Å². The van der Waals surface area contributed by atoms with E-state index in [4.69, 9.17) is 0 Å². The molecular formula is C22H20N2O3S. The van der Waals surface area contributed by atoms with Gasteiger partial charge in [0.2, 0.25) is 10.0 Å². The molecule has 0 unspecified atom stereocenters. The van der Waals surface area contributed by atoms with Crippen LogP contribution < -0.4 is 9.62 Å². The van der Waals surface area contributed by atoms with Gasteiger partial charge in [0.05, 0.1) is 11.4 Å². The summed E-state index contributed by atoms with van der Waals surface area (Å²) in [6, 6.07) is 24.3. The first-order valence-electron chi connectivity index (χ1n) is 9.10. The lowest BCUT2D eigenvalue weighted by molar-refractivity contribution is 0.102. The van der Waals surface area contributed by atoms with Crippen molar-refractivity contribution in [2.75, 3.05) is 21.9 Å². The largest absolute Gasteiger partial charge is 0.322 e. The first-order chi connectivity index (χ1) is 13.5. The molecule has 0 bridgehead atoms. The number of carbonyl (C=O) groups is 1.